The predicted molar refractivity (Wildman–Crippen MR) is 184 cm³/mol. The summed E-state index contributed by atoms with van der Waals surface area (Å²) in [5, 5.41) is 4.21. The van der Waals surface area contributed by atoms with Gasteiger partial charge in [-0.15, -0.1) is 0 Å². The molecule has 7 nitrogen and oxygen atoms in total. The van der Waals surface area contributed by atoms with Gasteiger partial charge in [0.1, 0.15) is 12.6 Å². The normalized spacial score (nSPS) is 14.1. The zero-order valence-electron chi connectivity index (χ0n) is 25.0. The van der Waals surface area contributed by atoms with Gasteiger partial charge in [-0.05, 0) is 66.9 Å². The van der Waals surface area contributed by atoms with Crippen LogP contribution in [0.2, 0.25) is 15.1 Å². The quantitative estimate of drug-likeness (QED) is 0.166. The van der Waals surface area contributed by atoms with E-state index in [1.54, 1.807) is 60.7 Å². The zero-order chi connectivity index (χ0) is 32.7. The first kappa shape index (κ1) is 33.8. The summed E-state index contributed by atoms with van der Waals surface area (Å²) in [5.41, 5.74) is 1.53. The van der Waals surface area contributed by atoms with Gasteiger partial charge in [0.05, 0.1) is 10.6 Å². The van der Waals surface area contributed by atoms with Crippen molar-refractivity contribution in [3.05, 3.63) is 129 Å². The van der Waals surface area contributed by atoms with Gasteiger partial charge >= 0.3 is 0 Å². The molecule has 240 valence electrons. The van der Waals surface area contributed by atoms with Crippen LogP contribution in [0.5, 0.6) is 0 Å². The van der Waals surface area contributed by atoms with Crippen LogP contribution in [0.4, 0.5) is 5.69 Å². The number of carbonyl (C=O) groups is 2. The maximum Gasteiger partial charge on any atom is 0.264 e. The minimum atomic E-state index is -4.22. The lowest BCUT2D eigenvalue weighted by molar-refractivity contribution is -0.140. The van der Waals surface area contributed by atoms with Gasteiger partial charge in [-0.3, -0.25) is 13.9 Å². The summed E-state index contributed by atoms with van der Waals surface area (Å²) in [6.45, 7) is -0.713. The van der Waals surface area contributed by atoms with E-state index in [0.29, 0.717) is 20.6 Å². The number of hydrogen-bond donors (Lipinski definition) is 1. The Morgan fingerprint density at radius 3 is 1.98 bits per heavy atom. The molecule has 0 bridgehead atoms. The molecule has 1 N–H and O–H groups in total. The van der Waals surface area contributed by atoms with Gasteiger partial charge in [-0.1, -0.05) is 102 Å². The molecule has 5 rings (SSSR count). The van der Waals surface area contributed by atoms with Crippen LogP contribution >= 0.6 is 34.8 Å². The van der Waals surface area contributed by atoms with Gasteiger partial charge in [-0.2, -0.15) is 0 Å². The minimum Gasteiger partial charge on any atom is -0.352 e. The van der Waals surface area contributed by atoms with Crippen molar-refractivity contribution in [1.29, 1.82) is 0 Å². The molecule has 11 heteroatoms. The number of carbonyl (C=O) groups excluding carboxylic acids is 2. The lowest BCUT2D eigenvalue weighted by atomic mass is 10.0. The van der Waals surface area contributed by atoms with Gasteiger partial charge in [0.25, 0.3) is 10.0 Å². The molecule has 0 unspecified atom stereocenters. The molecule has 1 saturated carbocycles. The van der Waals surface area contributed by atoms with E-state index in [-0.39, 0.29) is 35.5 Å². The number of halogens is 3. The van der Waals surface area contributed by atoms with E-state index in [0.717, 1.165) is 35.6 Å². The Labute approximate surface area is 285 Å². The van der Waals surface area contributed by atoms with Crippen LogP contribution in [0.1, 0.15) is 36.8 Å². The smallest absolute Gasteiger partial charge is 0.264 e. The van der Waals surface area contributed by atoms with Gasteiger partial charge in [0, 0.05) is 39.6 Å². The van der Waals surface area contributed by atoms with Crippen molar-refractivity contribution in [2.24, 2.45) is 0 Å². The Morgan fingerprint density at radius 2 is 1.37 bits per heavy atom. The minimum absolute atomic E-state index is 0.00403. The molecule has 2 amide bonds. The number of anilines is 1. The van der Waals surface area contributed by atoms with Crippen LogP contribution in [0, 0.1) is 0 Å². The number of nitrogens with one attached hydrogen (secondary N) is 1. The molecule has 1 atom stereocenters. The summed E-state index contributed by atoms with van der Waals surface area (Å²) in [6.07, 6.45) is 3.93. The molecule has 4 aromatic carbocycles. The monoisotopic (exact) mass is 697 g/mol. The molecule has 1 fully saturated rings. The highest BCUT2D eigenvalue weighted by molar-refractivity contribution is 7.92. The van der Waals surface area contributed by atoms with Crippen LogP contribution < -0.4 is 9.62 Å². The van der Waals surface area contributed by atoms with Gasteiger partial charge < -0.3 is 10.2 Å². The van der Waals surface area contributed by atoms with E-state index < -0.39 is 28.5 Å². The second-order valence-corrected chi connectivity index (χ2v) is 14.3. The van der Waals surface area contributed by atoms with Gasteiger partial charge in [0.2, 0.25) is 11.8 Å². The van der Waals surface area contributed by atoms with Crippen molar-refractivity contribution in [3.63, 3.8) is 0 Å². The summed E-state index contributed by atoms with van der Waals surface area (Å²) in [6, 6.07) is 27.5. The van der Waals surface area contributed by atoms with Crippen molar-refractivity contribution in [3.8, 4) is 0 Å². The number of nitrogens with zero attached hydrogens (tertiary/aromatic N) is 2. The molecule has 46 heavy (non-hydrogen) atoms. The van der Waals surface area contributed by atoms with Crippen molar-refractivity contribution in [1.82, 2.24) is 10.2 Å². The first-order chi connectivity index (χ1) is 22.1. The van der Waals surface area contributed by atoms with E-state index in [1.165, 1.54) is 17.0 Å². The Balaban J connectivity index is 1.58. The third kappa shape index (κ3) is 8.23. The summed E-state index contributed by atoms with van der Waals surface area (Å²) in [4.78, 5) is 30.1. The summed E-state index contributed by atoms with van der Waals surface area (Å²) >= 11 is 19.3. The average molecular weight is 699 g/mol. The topological polar surface area (TPSA) is 86.8 Å². The van der Waals surface area contributed by atoms with E-state index in [9.17, 15) is 18.0 Å². The summed E-state index contributed by atoms with van der Waals surface area (Å²) in [7, 11) is -4.22. The Morgan fingerprint density at radius 1 is 0.783 bits per heavy atom. The molecule has 0 aromatic heterocycles. The average Bonchev–Trinajstić information content (AvgIpc) is 3.57. The molecule has 0 spiro atoms. The fourth-order valence-corrected chi connectivity index (χ4v) is 7.71. The maximum absolute atomic E-state index is 14.6. The van der Waals surface area contributed by atoms with Crippen molar-refractivity contribution in [2.75, 3.05) is 10.8 Å². The lowest BCUT2D eigenvalue weighted by Crippen LogP contribution is -2.54. The maximum atomic E-state index is 14.6. The van der Waals surface area contributed by atoms with Crippen molar-refractivity contribution < 1.29 is 18.0 Å². The van der Waals surface area contributed by atoms with Crippen molar-refractivity contribution >= 4 is 62.3 Å². The van der Waals surface area contributed by atoms with E-state index in [2.05, 4.69) is 5.32 Å². The first-order valence-corrected chi connectivity index (χ1v) is 17.6. The van der Waals surface area contributed by atoms with Gasteiger partial charge in [-0.25, -0.2) is 8.42 Å². The van der Waals surface area contributed by atoms with Crippen LogP contribution in [0.3, 0.4) is 0 Å². The number of benzene rings is 4. The van der Waals surface area contributed by atoms with Gasteiger partial charge in [0.15, 0.2) is 0 Å². The fourth-order valence-electron chi connectivity index (χ4n) is 5.63. The largest absolute Gasteiger partial charge is 0.352 e. The second-order valence-electron chi connectivity index (χ2n) is 11.2. The van der Waals surface area contributed by atoms with Crippen LogP contribution in [0.15, 0.2) is 108 Å². The molecule has 4 aromatic rings. The number of rotatable bonds is 12. The molecule has 0 aliphatic heterocycles. The Kier molecular flexibility index (Phi) is 11.3. The number of hydrogen-bond acceptors (Lipinski definition) is 4. The molecule has 0 saturated heterocycles. The molecule has 0 radical (unpaired) electrons. The zero-order valence-corrected chi connectivity index (χ0v) is 28.1. The Hall–Kier alpha value is -3.56. The predicted octanol–water partition coefficient (Wildman–Crippen LogP) is 7.54. The SMILES string of the molecule is O=C(NC1CCCC1)[C@H](Cc1ccccc1)N(Cc1c(Cl)cccc1Cl)C(=O)CN(c1ccc(Cl)cc1)S(=O)(=O)c1ccccc1. The second kappa shape index (κ2) is 15.4. The number of sulfonamides is 1. The molecular formula is C35H34Cl3N3O4S. The molecule has 1 aliphatic carbocycles. The van der Waals surface area contributed by atoms with Crippen LogP contribution in [-0.4, -0.2) is 43.8 Å². The third-order valence-corrected chi connectivity index (χ3v) is 10.8. The van der Waals surface area contributed by atoms with Crippen LogP contribution in [-0.2, 0) is 32.6 Å². The van der Waals surface area contributed by atoms with E-state index in [1.807, 2.05) is 30.3 Å². The molecule has 1 aliphatic rings. The Bertz CT molecular complexity index is 1730. The fraction of sp³-hybridized carbons (Fsp3) is 0.257. The highest BCUT2D eigenvalue weighted by Crippen LogP contribution is 2.30. The van der Waals surface area contributed by atoms with Crippen molar-refractivity contribution in [2.45, 2.75) is 55.6 Å². The number of amides is 2. The molecule has 0 heterocycles. The molecular weight excluding hydrogens is 665 g/mol. The van der Waals surface area contributed by atoms with E-state index in [4.69, 9.17) is 34.8 Å². The summed E-state index contributed by atoms with van der Waals surface area (Å²) in [5.74, 6) is -0.927. The lowest BCUT2D eigenvalue weighted by Gasteiger charge is -2.34. The van der Waals surface area contributed by atoms with E-state index >= 15 is 0 Å². The first-order valence-electron chi connectivity index (χ1n) is 15.0. The highest BCUT2D eigenvalue weighted by Gasteiger charge is 2.36. The standard InChI is InChI=1S/C35H34Cl3N3O4S/c36-26-18-20-28(21-19-26)41(46(44,45)29-14-5-2-6-15-29)24-34(42)40(23-30-31(37)16-9-17-32(30)38)33(22-25-10-3-1-4-11-25)35(43)39-27-12-7-8-13-27/h1-6,9-11,14-21,27,33H,7-8,12-13,22-24H2,(H,39,43)/t33-/m0/s1. The third-order valence-electron chi connectivity index (χ3n) is 8.09. The summed E-state index contributed by atoms with van der Waals surface area (Å²) < 4.78 is 29.2. The van der Waals surface area contributed by atoms with Crippen LogP contribution in [0.25, 0.3) is 0 Å². The highest BCUT2D eigenvalue weighted by atomic mass is 35.5.